The van der Waals surface area contributed by atoms with Gasteiger partial charge in [-0.2, -0.15) is 0 Å². The highest BCUT2D eigenvalue weighted by Gasteiger charge is 2.25. The normalized spacial score (nSPS) is 16.6. The van der Waals surface area contributed by atoms with E-state index < -0.39 is 5.97 Å². The summed E-state index contributed by atoms with van der Waals surface area (Å²) in [5.74, 6) is -0.250. The lowest BCUT2D eigenvalue weighted by molar-refractivity contribution is 0.0697. The Morgan fingerprint density at radius 2 is 1.95 bits per heavy atom. The fourth-order valence-electron chi connectivity index (χ4n) is 2.66. The summed E-state index contributed by atoms with van der Waals surface area (Å²) in [6.07, 6.45) is 1.03. The van der Waals surface area contributed by atoms with Crippen LogP contribution in [0.4, 0.5) is 5.69 Å². The van der Waals surface area contributed by atoms with Gasteiger partial charge >= 0.3 is 5.97 Å². The second kappa shape index (κ2) is 5.48. The van der Waals surface area contributed by atoms with Gasteiger partial charge in [-0.1, -0.05) is 18.2 Å². The summed E-state index contributed by atoms with van der Waals surface area (Å²) >= 11 is 0. The van der Waals surface area contributed by atoms with Crippen LogP contribution in [0.3, 0.4) is 0 Å². The predicted molar refractivity (Wildman–Crippen MR) is 81.0 cm³/mol. The zero-order valence-corrected chi connectivity index (χ0v) is 11.8. The van der Waals surface area contributed by atoms with Gasteiger partial charge in [0.15, 0.2) is 6.73 Å². The van der Waals surface area contributed by atoms with Crippen molar-refractivity contribution < 1.29 is 14.6 Å². The van der Waals surface area contributed by atoms with Gasteiger partial charge in [0.1, 0.15) is 5.75 Å². The quantitative estimate of drug-likeness (QED) is 0.936. The Balaban J connectivity index is 1.69. The molecule has 0 amide bonds. The Bertz CT molecular complexity index is 651. The molecule has 1 aliphatic heterocycles. The first-order chi connectivity index (χ1) is 10.1. The molecule has 1 unspecified atom stereocenters. The lowest BCUT2D eigenvalue weighted by atomic mass is 10.1. The summed E-state index contributed by atoms with van der Waals surface area (Å²) in [6, 6.07) is 15.2. The third-order valence-corrected chi connectivity index (χ3v) is 3.82. The average molecular weight is 283 g/mol. The fourth-order valence-corrected chi connectivity index (χ4v) is 2.66. The number of para-hydroxylation sites is 1. The summed E-state index contributed by atoms with van der Waals surface area (Å²) < 4.78 is 5.78. The molecule has 1 aliphatic rings. The maximum Gasteiger partial charge on any atom is 0.335 e. The minimum absolute atomic E-state index is 0.266. The van der Waals surface area contributed by atoms with Crippen LogP contribution in [0.1, 0.15) is 22.8 Å². The highest BCUT2D eigenvalue weighted by atomic mass is 16.5. The lowest BCUT2D eigenvalue weighted by Gasteiger charge is -2.24. The molecule has 0 aromatic heterocycles. The van der Waals surface area contributed by atoms with E-state index in [1.54, 1.807) is 24.3 Å². The minimum Gasteiger partial charge on any atom is -0.478 e. The molecule has 1 N–H and O–H groups in total. The first kappa shape index (κ1) is 13.5. The molecule has 1 heterocycles. The minimum atomic E-state index is -0.927. The number of fused-ring (bicyclic) bond motifs is 1. The van der Waals surface area contributed by atoms with Crippen LogP contribution >= 0.6 is 0 Å². The molecule has 2 aromatic carbocycles. The molecule has 0 aliphatic carbocycles. The summed E-state index contributed by atoms with van der Waals surface area (Å²) in [5, 5.41) is 8.87. The van der Waals surface area contributed by atoms with Gasteiger partial charge in [0.05, 0.1) is 5.56 Å². The van der Waals surface area contributed by atoms with Crippen molar-refractivity contribution >= 4 is 11.7 Å². The number of hydrogen-bond acceptors (Lipinski definition) is 3. The van der Waals surface area contributed by atoms with E-state index in [1.807, 2.05) is 6.07 Å². The molecule has 0 spiro atoms. The zero-order chi connectivity index (χ0) is 14.8. The number of hydrogen-bond donors (Lipinski definition) is 1. The van der Waals surface area contributed by atoms with Crippen LogP contribution in [0.15, 0.2) is 48.5 Å². The van der Waals surface area contributed by atoms with E-state index in [2.05, 4.69) is 30.0 Å². The van der Waals surface area contributed by atoms with Gasteiger partial charge in [0, 0.05) is 11.7 Å². The third kappa shape index (κ3) is 2.70. The smallest absolute Gasteiger partial charge is 0.335 e. The van der Waals surface area contributed by atoms with E-state index in [0.717, 1.165) is 6.42 Å². The number of nitrogens with zero attached hydrogens (tertiary/aromatic N) is 1. The van der Waals surface area contributed by atoms with Crippen LogP contribution in [-0.4, -0.2) is 23.8 Å². The van der Waals surface area contributed by atoms with Gasteiger partial charge in [-0.25, -0.2) is 4.79 Å². The molecule has 108 valence electrons. The maximum atomic E-state index is 10.8. The Kier molecular flexibility index (Phi) is 3.52. The highest BCUT2D eigenvalue weighted by molar-refractivity contribution is 5.87. The average Bonchev–Trinajstić information content (AvgIpc) is 2.81. The first-order valence-electron chi connectivity index (χ1n) is 6.96. The molecule has 2 aromatic rings. The second-order valence-electron chi connectivity index (χ2n) is 5.25. The van der Waals surface area contributed by atoms with Crippen LogP contribution in [0.25, 0.3) is 0 Å². The van der Waals surface area contributed by atoms with Crippen molar-refractivity contribution in [2.75, 3.05) is 11.6 Å². The van der Waals surface area contributed by atoms with Crippen molar-refractivity contribution in [3.8, 4) is 5.75 Å². The van der Waals surface area contributed by atoms with E-state index in [9.17, 15) is 4.79 Å². The van der Waals surface area contributed by atoms with Crippen molar-refractivity contribution in [1.29, 1.82) is 0 Å². The molecule has 4 heteroatoms. The standard InChI is InChI=1S/C17H17NO3/c1-12-10-14-4-2-3-5-16(14)18(12)11-21-15-8-6-13(7-9-15)17(19)20/h2-9,12H,10-11H2,1H3,(H,19,20). The molecule has 4 nitrogen and oxygen atoms in total. The summed E-state index contributed by atoms with van der Waals surface area (Å²) in [5.41, 5.74) is 2.82. The number of ether oxygens (including phenoxy) is 1. The molecule has 0 saturated carbocycles. The Hall–Kier alpha value is -2.49. The van der Waals surface area contributed by atoms with E-state index >= 15 is 0 Å². The Morgan fingerprint density at radius 1 is 1.24 bits per heavy atom. The number of rotatable bonds is 4. The van der Waals surface area contributed by atoms with E-state index in [1.165, 1.54) is 11.3 Å². The molecule has 21 heavy (non-hydrogen) atoms. The summed E-state index contributed by atoms with van der Waals surface area (Å²) in [4.78, 5) is 13.0. The molecular weight excluding hydrogens is 266 g/mol. The van der Waals surface area contributed by atoms with Crippen LogP contribution in [0.2, 0.25) is 0 Å². The van der Waals surface area contributed by atoms with Crippen molar-refractivity contribution in [3.63, 3.8) is 0 Å². The first-order valence-corrected chi connectivity index (χ1v) is 6.96. The molecule has 0 radical (unpaired) electrons. The van der Waals surface area contributed by atoms with Gasteiger partial charge in [-0.05, 0) is 49.2 Å². The topological polar surface area (TPSA) is 49.8 Å². The van der Waals surface area contributed by atoms with Crippen LogP contribution < -0.4 is 9.64 Å². The van der Waals surface area contributed by atoms with Crippen LogP contribution in [-0.2, 0) is 6.42 Å². The zero-order valence-electron chi connectivity index (χ0n) is 11.8. The van der Waals surface area contributed by atoms with Gasteiger partial charge in [-0.3, -0.25) is 0 Å². The number of anilines is 1. The monoisotopic (exact) mass is 283 g/mol. The van der Waals surface area contributed by atoms with Crippen molar-refractivity contribution in [1.82, 2.24) is 0 Å². The molecule has 0 fully saturated rings. The fraction of sp³-hybridized carbons (Fsp3) is 0.235. The van der Waals surface area contributed by atoms with Gasteiger partial charge in [0.2, 0.25) is 0 Å². The summed E-state index contributed by atoms with van der Waals surface area (Å²) in [6.45, 7) is 2.64. The van der Waals surface area contributed by atoms with Gasteiger partial charge in [-0.15, -0.1) is 0 Å². The van der Waals surface area contributed by atoms with Crippen molar-refractivity contribution in [2.45, 2.75) is 19.4 Å². The van der Waals surface area contributed by atoms with Crippen LogP contribution in [0.5, 0.6) is 5.75 Å². The highest BCUT2D eigenvalue weighted by Crippen LogP contribution is 2.31. The third-order valence-electron chi connectivity index (χ3n) is 3.82. The van der Waals surface area contributed by atoms with Crippen LogP contribution in [0, 0.1) is 0 Å². The van der Waals surface area contributed by atoms with E-state index in [0.29, 0.717) is 18.5 Å². The van der Waals surface area contributed by atoms with E-state index in [4.69, 9.17) is 9.84 Å². The van der Waals surface area contributed by atoms with E-state index in [-0.39, 0.29) is 5.56 Å². The molecule has 1 atom stereocenters. The Labute approximate surface area is 123 Å². The van der Waals surface area contributed by atoms with Gasteiger partial charge < -0.3 is 14.7 Å². The Morgan fingerprint density at radius 3 is 2.67 bits per heavy atom. The predicted octanol–water partition coefficient (Wildman–Crippen LogP) is 3.17. The second-order valence-corrected chi connectivity index (χ2v) is 5.25. The summed E-state index contributed by atoms with van der Waals surface area (Å²) in [7, 11) is 0. The van der Waals surface area contributed by atoms with Crippen molar-refractivity contribution in [2.24, 2.45) is 0 Å². The van der Waals surface area contributed by atoms with Crippen molar-refractivity contribution in [3.05, 3.63) is 59.7 Å². The lowest BCUT2D eigenvalue weighted by Crippen LogP contribution is -2.33. The molecule has 3 rings (SSSR count). The van der Waals surface area contributed by atoms with Gasteiger partial charge in [0.25, 0.3) is 0 Å². The molecular formula is C17H17NO3. The number of aromatic carboxylic acids is 1. The maximum absolute atomic E-state index is 10.8. The number of carbonyl (C=O) groups is 1. The number of carboxylic acid groups (broad SMARTS) is 1. The number of benzene rings is 2. The number of carboxylic acids is 1. The molecule has 0 saturated heterocycles. The SMILES string of the molecule is CC1Cc2ccccc2N1COc1ccc(C(=O)O)cc1. The molecule has 0 bridgehead atoms. The largest absolute Gasteiger partial charge is 0.478 e.